The van der Waals surface area contributed by atoms with Gasteiger partial charge in [0, 0.05) is 12.2 Å². The molecule has 0 spiro atoms. The highest BCUT2D eigenvalue weighted by Gasteiger charge is 2.23. The van der Waals surface area contributed by atoms with Crippen LogP contribution in [0.15, 0.2) is 36.7 Å². The number of fused-ring (bicyclic) bond motifs is 1. The first-order valence-corrected chi connectivity index (χ1v) is 7.66. The number of rotatable bonds is 4. The number of nitrogens with one attached hydrogen (secondary N) is 1. The molecule has 23 heavy (non-hydrogen) atoms. The Morgan fingerprint density at radius 2 is 2.13 bits per heavy atom. The number of carbonyl (C=O) groups excluding carboxylic acids is 1. The van der Waals surface area contributed by atoms with Crippen LogP contribution in [0, 0.1) is 0 Å². The van der Waals surface area contributed by atoms with Crippen molar-refractivity contribution in [3.05, 3.63) is 53.3 Å². The number of methoxy groups -OCH3 is 2. The number of benzene rings is 1. The summed E-state index contributed by atoms with van der Waals surface area (Å²) in [7, 11) is 3.25. The zero-order valence-corrected chi connectivity index (χ0v) is 13.3. The van der Waals surface area contributed by atoms with Crippen LogP contribution in [-0.4, -0.2) is 31.2 Å². The van der Waals surface area contributed by atoms with Gasteiger partial charge in [0.1, 0.15) is 11.5 Å². The number of carbonyl (C=O) groups is 1. The topological polar surface area (TPSA) is 60.5 Å². The van der Waals surface area contributed by atoms with E-state index in [2.05, 4.69) is 16.4 Å². The lowest BCUT2D eigenvalue weighted by atomic mass is 9.87. The Balaban J connectivity index is 1.70. The molecule has 1 amide bonds. The highest BCUT2D eigenvalue weighted by Crippen LogP contribution is 2.29. The molecule has 0 saturated heterocycles. The molecule has 2 aromatic rings. The molecular formula is C18H20N2O3. The Labute approximate surface area is 135 Å². The summed E-state index contributed by atoms with van der Waals surface area (Å²) in [4.78, 5) is 16.4. The molecule has 0 radical (unpaired) electrons. The maximum Gasteiger partial charge on any atom is 0.253 e. The Morgan fingerprint density at radius 3 is 2.91 bits per heavy atom. The predicted molar refractivity (Wildman–Crippen MR) is 87.1 cm³/mol. The van der Waals surface area contributed by atoms with Gasteiger partial charge in [0.15, 0.2) is 0 Å². The fourth-order valence-electron chi connectivity index (χ4n) is 3.01. The number of pyridine rings is 1. The van der Waals surface area contributed by atoms with Gasteiger partial charge >= 0.3 is 0 Å². The predicted octanol–water partition coefficient (Wildman–Crippen LogP) is 2.39. The minimum absolute atomic E-state index is 0.118. The van der Waals surface area contributed by atoms with Crippen molar-refractivity contribution >= 4 is 5.91 Å². The van der Waals surface area contributed by atoms with Gasteiger partial charge in [0.2, 0.25) is 0 Å². The molecule has 1 atom stereocenters. The third kappa shape index (κ3) is 3.28. The lowest BCUT2D eigenvalue weighted by Crippen LogP contribution is -2.39. The van der Waals surface area contributed by atoms with Crippen molar-refractivity contribution in [2.45, 2.75) is 25.3 Å². The molecule has 1 aromatic heterocycles. The Bertz CT molecular complexity index is 715. The number of ether oxygens (including phenoxy) is 2. The van der Waals surface area contributed by atoms with Crippen LogP contribution in [0.4, 0.5) is 0 Å². The Kier molecular flexibility index (Phi) is 4.46. The smallest absolute Gasteiger partial charge is 0.253 e. The van der Waals surface area contributed by atoms with E-state index >= 15 is 0 Å². The van der Waals surface area contributed by atoms with Crippen molar-refractivity contribution in [2.75, 3.05) is 14.2 Å². The van der Waals surface area contributed by atoms with Crippen LogP contribution in [0.5, 0.6) is 11.5 Å². The second-order valence-electron chi connectivity index (χ2n) is 5.62. The minimum atomic E-state index is -0.118. The lowest BCUT2D eigenvalue weighted by molar-refractivity contribution is 0.0933. The van der Waals surface area contributed by atoms with Crippen LogP contribution in [0.25, 0.3) is 0 Å². The van der Waals surface area contributed by atoms with Gasteiger partial charge in [0.25, 0.3) is 5.91 Å². The van der Waals surface area contributed by atoms with E-state index in [1.807, 2.05) is 12.1 Å². The van der Waals surface area contributed by atoms with Gasteiger partial charge in [0.05, 0.1) is 26.0 Å². The first-order valence-electron chi connectivity index (χ1n) is 7.66. The van der Waals surface area contributed by atoms with Gasteiger partial charge in [-0.05, 0) is 42.5 Å². The van der Waals surface area contributed by atoms with Gasteiger partial charge in [-0.15, -0.1) is 0 Å². The monoisotopic (exact) mass is 312 g/mol. The molecule has 5 nitrogen and oxygen atoms in total. The lowest BCUT2D eigenvalue weighted by Gasteiger charge is -2.26. The first kappa shape index (κ1) is 15.3. The molecule has 0 bridgehead atoms. The molecule has 5 heteroatoms. The van der Waals surface area contributed by atoms with Crippen LogP contribution in [0.2, 0.25) is 0 Å². The van der Waals surface area contributed by atoms with Gasteiger partial charge < -0.3 is 14.8 Å². The van der Waals surface area contributed by atoms with Crippen LogP contribution in [0.3, 0.4) is 0 Å². The quantitative estimate of drug-likeness (QED) is 0.941. The van der Waals surface area contributed by atoms with Crippen molar-refractivity contribution in [3.63, 3.8) is 0 Å². The van der Waals surface area contributed by atoms with Crippen LogP contribution in [0.1, 0.15) is 27.9 Å². The van der Waals surface area contributed by atoms with Crippen molar-refractivity contribution in [2.24, 2.45) is 0 Å². The first-order chi connectivity index (χ1) is 11.2. The average molecular weight is 312 g/mol. The molecule has 1 heterocycles. The maximum absolute atomic E-state index is 12.4. The number of aromatic nitrogens is 1. The summed E-state index contributed by atoms with van der Waals surface area (Å²) in [6, 6.07) is 7.90. The molecule has 1 N–H and O–H groups in total. The van der Waals surface area contributed by atoms with Crippen molar-refractivity contribution in [1.82, 2.24) is 10.3 Å². The van der Waals surface area contributed by atoms with E-state index in [1.54, 1.807) is 32.7 Å². The number of nitrogens with zero attached hydrogens (tertiary/aromatic N) is 1. The molecule has 3 rings (SSSR count). The second kappa shape index (κ2) is 6.69. The SMILES string of the molecule is COc1cncc(C(=O)NC2CCc3c(cccc3OC)C2)c1. The zero-order valence-electron chi connectivity index (χ0n) is 13.3. The van der Waals surface area contributed by atoms with Crippen molar-refractivity contribution in [1.29, 1.82) is 0 Å². The standard InChI is InChI=1S/C18H20N2O3/c1-22-15-9-13(10-19-11-15)18(21)20-14-6-7-16-12(8-14)4-3-5-17(16)23-2/h3-5,9-11,14H,6-8H2,1-2H3,(H,20,21). The molecule has 0 aliphatic heterocycles. The summed E-state index contributed by atoms with van der Waals surface area (Å²) in [6.07, 6.45) is 5.75. The van der Waals surface area contributed by atoms with Gasteiger partial charge in [-0.3, -0.25) is 9.78 Å². The molecule has 1 aliphatic carbocycles. The van der Waals surface area contributed by atoms with Crippen LogP contribution < -0.4 is 14.8 Å². The summed E-state index contributed by atoms with van der Waals surface area (Å²) < 4.78 is 10.5. The maximum atomic E-state index is 12.4. The molecule has 0 fully saturated rings. The molecule has 0 saturated carbocycles. The minimum Gasteiger partial charge on any atom is -0.496 e. The Hall–Kier alpha value is -2.56. The van der Waals surface area contributed by atoms with E-state index in [0.29, 0.717) is 11.3 Å². The van der Waals surface area contributed by atoms with Crippen molar-refractivity contribution < 1.29 is 14.3 Å². The van der Waals surface area contributed by atoms with E-state index in [4.69, 9.17) is 9.47 Å². The fourth-order valence-corrected chi connectivity index (χ4v) is 3.01. The number of hydrogen-bond acceptors (Lipinski definition) is 4. The summed E-state index contributed by atoms with van der Waals surface area (Å²) in [5.41, 5.74) is 3.01. The second-order valence-corrected chi connectivity index (χ2v) is 5.62. The summed E-state index contributed by atoms with van der Waals surface area (Å²) in [6.45, 7) is 0. The summed E-state index contributed by atoms with van der Waals surface area (Å²) in [5.74, 6) is 1.40. The van der Waals surface area contributed by atoms with Crippen LogP contribution in [-0.2, 0) is 12.8 Å². The third-order valence-electron chi connectivity index (χ3n) is 4.21. The Morgan fingerprint density at radius 1 is 1.26 bits per heavy atom. The van der Waals surface area contributed by atoms with E-state index < -0.39 is 0 Å². The largest absolute Gasteiger partial charge is 0.496 e. The highest BCUT2D eigenvalue weighted by molar-refractivity contribution is 5.94. The zero-order chi connectivity index (χ0) is 16.2. The molecule has 1 aromatic carbocycles. The molecule has 1 aliphatic rings. The molecular weight excluding hydrogens is 292 g/mol. The van der Waals surface area contributed by atoms with Gasteiger partial charge in [-0.1, -0.05) is 12.1 Å². The summed E-state index contributed by atoms with van der Waals surface area (Å²) >= 11 is 0. The number of amides is 1. The molecule has 1 unspecified atom stereocenters. The third-order valence-corrected chi connectivity index (χ3v) is 4.21. The van der Waals surface area contributed by atoms with Crippen molar-refractivity contribution in [3.8, 4) is 11.5 Å². The van der Waals surface area contributed by atoms with Crippen LogP contribution >= 0.6 is 0 Å². The highest BCUT2D eigenvalue weighted by atomic mass is 16.5. The van der Waals surface area contributed by atoms with E-state index in [9.17, 15) is 4.79 Å². The fraction of sp³-hybridized carbons (Fsp3) is 0.333. The van der Waals surface area contributed by atoms with E-state index in [-0.39, 0.29) is 11.9 Å². The van der Waals surface area contributed by atoms with Gasteiger partial charge in [-0.2, -0.15) is 0 Å². The molecule has 120 valence electrons. The van der Waals surface area contributed by atoms with E-state index in [0.717, 1.165) is 25.0 Å². The normalized spacial score (nSPS) is 16.3. The number of hydrogen-bond donors (Lipinski definition) is 1. The van der Waals surface area contributed by atoms with E-state index in [1.165, 1.54) is 11.1 Å². The summed E-state index contributed by atoms with van der Waals surface area (Å²) in [5, 5.41) is 3.09. The van der Waals surface area contributed by atoms with Gasteiger partial charge in [-0.25, -0.2) is 0 Å². The average Bonchev–Trinajstić information content (AvgIpc) is 2.61.